The Labute approximate surface area is 140 Å². The van der Waals surface area contributed by atoms with Gasteiger partial charge in [0, 0.05) is 22.8 Å². The molecule has 8 heteroatoms. The molecular weight excluding hydrogens is 345 g/mol. The third-order valence-electron chi connectivity index (χ3n) is 3.58. The van der Waals surface area contributed by atoms with E-state index in [4.69, 9.17) is 16.3 Å². The van der Waals surface area contributed by atoms with Gasteiger partial charge in [0.05, 0.1) is 18.7 Å². The molecule has 0 unspecified atom stereocenters. The van der Waals surface area contributed by atoms with E-state index in [1.807, 2.05) is 0 Å². The van der Waals surface area contributed by atoms with Gasteiger partial charge in [-0.3, -0.25) is 4.79 Å². The lowest BCUT2D eigenvalue weighted by Crippen LogP contribution is -2.56. The fraction of sp³-hybridized carbons (Fsp3) is 0.250. The molecule has 2 aromatic rings. The van der Waals surface area contributed by atoms with Gasteiger partial charge in [0.15, 0.2) is 0 Å². The number of likely N-dealkylation sites (tertiary alicyclic amines) is 1. The smallest absolute Gasteiger partial charge is 0.416 e. The lowest BCUT2D eigenvalue weighted by atomic mass is 10.1. The first-order valence-electron chi connectivity index (χ1n) is 7.07. The molecule has 0 radical (unpaired) electrons. The highest BCUT2D eigenvalue weighted by Crippen LogP contribution is 2.31. The van der Waals surface area contributed by atoms with Crippen LogP contribution in [0.15, 0.2) is 42.6 Å². The molecule has 126 valence electrons. The standard InChI is InChI=1S/C16H12ClF3N2O2/c17-12-3-1-10(2-4-12)15(23)22-8-13(9-22)24-14-7-11(5-6-21-14)16(18,19)20/h1-7,13H,8-9H2. The van der Waals surface area contributed by atoms with Crippen LogP contribution in [0.3, 0.4) is 0 Å². The molecule has 0 atom stereocenters. The molecule has 0 spiro atoms. The van der Waals surface area contributed by atoms with Crippen LogP contribution >= 0.6 is 11.6 Å². The van der Waals surface area contributed by atoms with Gasteiger partial charge in [0.25, 0.3) is 5.91 Å². The third-order valence-corrected chi connectivity index (χ3v) is 3.83. The van der Waals surface area contributed by atoms with E-state index in [-0.39, 0.29) is 17.9 Å². The van der Waals surface area contributed by atoms with Gasteiger partial charge in [-0.15, -0.1) is 0 Å². The number of hydrogen-bond acceptors (Lipinski definition) is 3. The van der Waals surface area contributed by atoms with E-state index in [9.17, 15) is 18.0 Å². The fourth-order valence-corrected chi connectivity index (χ4v) is 2.40. The van der Waals surface area contributed by atoms with Gasteiger partial charge in [0.1, 0.15) is 6.10 Å². The molecule has 1 aliphatic rings. The van der Waals surface area contributed by atoms with Crippen LogP contribution in [0.1, 0.15) is 15.9 Å². The van der Waals surface area contributed by atoms with Crippen molar-refractivity contribution in [2.45, 2.75) is 12.3 Å². The first-order valence-corrected chi connectivity index (χ1v) is 7.45. The summed E-state index contributed by atoms with van der Waals surface area (Å²) in [6, 6.07) is 8.21. The summed E-state index contributed by atoms with van der Waals surface area (Å²) in [4.78, 5) is 17.5. The van der Waals surface area contributed by atoms with Crippen LogP contribution in [-0.2, 0) is 6.18 Å². The molecule has 0 saturated carbocycles. The lowest BCUT2D eigenvalue weighted by Gasteiger charge is -2.38. The molecule has 1 aliphatic heterocycles. The Morgan fingerprint density at radius 2 is 1.88 bits per heavy atom. The number of benzene rings is 1. The second-order valence-corrected chi connectivity index (χ2v) is 5.77. The lowest BCUT2D eigenvalue weighted by molar-refractivity contribution is -0.137. The van der Waals surface area contributed by atoms with Gasteiger partial charge in [0.2, 0.25) is 5.88 Å². The molecule has 4 nitrogen and oxygen atoms in total. The second-order valence-electron chi connectivity index (χ2n) is 5.34. The Morgan fingerprint density at radius 1 is 1.21 bits per heavy atom. The number of ether oxygens (including phenoxy) is 1. The minimum atomic E-state index is -4.45. The van der Waals surface area contributed by atoms with Crippen LogP contribution in [0.25, 0.3) is 0 Å². The summed E-state index contributed by atoms with van der Waals surface area (Å²) >= 11 is 5.77. The summed E-state index contributed by atoms with van der Waals surface area (Å²) in [5.41, 5.74) is -0.323. The molecule has 0 N–H and O–H groups in total. The molecule has 1 aromatic heterocycles. The van der Waals surface area contributed by atoms with Gasteiger partial charge in [-0.25, -0.2) is 4.98 Å². The van der Waals surface area contributed by atoms with E-state index in [1.54, 1.807) is 29.2 Å². The molecule has 0 aliphatic carbocycles. The van der Waals surface area contributed by atoms with E-state index >= 15 is 0 Å². The van der Waals surface area contributed by atoms with Crippen molar-refractivity contribution in [1.82, 2.24) is 9.88 Å². The first kappa shape index (κ1) is 16.6. The highest BCUT2D eigenvalue weighted by Gasteiger charge is 2.34. The van der Waals surface area contributed by atoms with Gasteiger partial charge in [-0.05, 0) is 30.3 Å². The number of rotatable bonds is 3. The maximum Gasteiger partial charge on any atom is 0.416 e. The summed E-state index contributed by atoms with van der Waals surface area (Å²) in [6.07, 6.45) is -3.78. The SMILES string of the molecule is O=C(c1ccc(Cl)cc1)N1CC(Oc2cc(C(F)(F)F)ccn2)C1. The maximum atomic E-state index is 12.6. The number of amides is 1. The summed E-state index contributed by atoms with van der Waals surface area (Å²) in [7, 11) is 0. The zero-order chi connectivity index (χ0) is 17.3. The molecule has 3 rings (SSSR count). The quantitative estimate of drug-likeness (QED) is 0.843. The van der Waals surface area contributed by atoms with Crippen LogP contribution < -0.4 is 4.74 Å². The normalized spacial score (nSPS) is 15.1. The van der Waals surface area contributed by atoms with Crippen molar-refractivity contribution in [3.8, 4) is 5.88 Å². The number of nitrogens with zero attached hydrogens (tertiary/aromatic N) is 2. The largest absolute Gasteiger partial charge is 0.471 e. The number of alkyl halides is 3. The molecule has 1 amide bonds. The van der Waals surface area contributed by atoms with Crippen LogP contribution in [-0.4, -0.2) is 35.0 Å². The Morgan fingerprint density at radius 3 is 2.50 bits per heavy atom. The predicted octanol–water partition coefficient (Wildman–Crippen LogP) is 3.66. The molecule has 2 heterocycles. The van der Waals surface area contributed by atoms with Gasteiger partial charge in [-0.2, -0.15) is 13.2 Å². The highest BCUT2D eigenvalue weighted by molar-refractivity contribution is 6.30. The number of carbonyl (C=O) groups is 1. The van der Waals surface area contributed by atoms with Crippen LogP contribution in [0.5, 0.6) is 5.88 Å². The van der Waals surface area contributed by atoms with Gasteiger partial charge < -0.3 is 9.64 Å². The summed E-state index contributed by atoms with van der Waals surface area (Å²) in [6.45, 7) is 0.582. The summed E-state index contributed by atoms with van der Waals surface area (Å²) < 4.78 is 43.3. The van der Waals surface area contributed by atoms with Crippen molar-refractivity contribution in [2.24, 2.45) is 0 Å². The Balaban J connectivity index is 1.57. The second kappa shape index (κ2) is 6.32. The van der Waals surface area contributed by atoms with Crippen LogP contribution in [0.4, 0.5) is 13.2 Å². The fourth-order valence-electron chi connectivity index (χ4n) is 2.27. The Hall–Kier alpha value is -2.28. The van der Waals surface area contributed by atoms with Crippen molar-refractivity contribution in [2.75, 3.05) is 13.1 Å². The summed E-state index contributed by atoms with van der Waals surface area (Å²) in [5, 5.41) is 0.534. The maximum absolute atomic E-state index is 12.6. The van der Waals surface area contributed by atoms with Crippen molar-refractivity contribution in [3.05, 3.63) is 58.7 Å². The van der Waals surface area contributed by atoms with Crippen molar-refractivity contribution in [3.63, 3.8) is 0 Å². The molecule has 24 heavy (non-hydrogen) atoms. The average Bonchev–Trinajstić information content (AvgIpc) is 2.50. The summed E-state index contributed by atoms with van der Waals surface area (Å²) in [5.74, 6) is -0.281. The Bertz CT molecular complexity index is 744. The average molecular weight is 357 g/mol. The Kier molecular flexibility index (Phi) is 4.36. The number of pyridine rings is 1. The predicted molar refractivity (Wildman–Crippen MR) is 81.0 cm³/mol. The van der Waals surface area contributed by atoms with E-state index in [0.717, 1.165) is 18.3 Å². The number of halogens is 4. The number of hydrogen-bond donors (Lipinski definition) is 0. The zero-order valence-electron chi connectivity index (χ0n) is 12.3. The van der Waals surface area contributed by atoms with Gasteiger partial charge >= 0.3 is 6.18 Å². The topological polar surface area (TPSA) is 42.4 Å². The minimum Gasteiger partial charge on any atom is -0.471 e. The molecule has 1 fully saturated rings. The van der Waals surface area contributed by atoms with Crippen molar-refractivity contribution in [1.29, 1.82) is 0 Å². The number of aromatic nitrogens is 1. The highest BCUT2D eigenvalue weighted by atomic mass is 35.5. The zero-order valence-corrected chi connectivity index (χ0v) is 13.0. The van der Waals surface area contributed by atoms with E-state index in [0.29, 0.717) is 23.7 Å². The third kappa shape index (κ3) is 3.62. The monoisotopic (exact) mass is 356 g/mol. The molecule has 1 saturated heterocycles. The van der Waals surface area contributed by atoms with E-state index < -0.39 is 11.7 Å². The first-order chi connectivity index (χ1) is 11.3. The van der Waals surface area contributed by atoms with Crippen LogP contribution in [0.2, 0.25) is 5.02 Å². The molecule has 0 bridgehead atoms. The van der Waals surface area contributed by atoms with E-state index in [2.05, 4.69) is 4.98 Å². The molecular formula is C16H12ClF3N2O2. The van der Waals surface area contributed by atoms with Gasteiger partial charge in [-0.1, -0.05) is 11.6 Å². The van der Waals surface area contributed by atoms with Crippen molar-refractivity contribution >= 4 is 17.5 Å². The number of carbonyl (C=O) groups excluding carboxylic acids is 1. The minimum absolute atomic E-state index is 0.103. The van der Waals surface area contributed by atoms with Crippen LogP contribution in [0, 0.1) is 0 Å². The molecule has 1 aromatic carbocycles. The van der Waals surface area contributed by atoms with Crippen molar-refractivity contribution < 1.29 is 22.7 Å². The van der Waals surface area contributed by atoms with E-state index in [1.165, 1.54) is 0 Å².